The molecule has 7 heteroatoms. The fourth-order valence-electron chi connectivity index (χ4n) is 1.27. The van der Waals surface area contributed by atoms with Gasteiger partial charge in [-0.2, -0.15) is 13.1 Å². The molecule has 0 fully saturated rings. The first-order valence-corrected chi connectivity index (χ1v) is 6.96. The van der Waals surface area contributed by atoms with E-state index in [0.29, 0.717) is 23.6 Å². The van der Waals surface area contributed by atoms with Gasteiger partial charge in [-0.05, 0) is 17.7 Å². The Morgan fingerprint density at radius 2 is 1.94 bits per heavy atom. The van der Waals surface area contributed by atoms with Crippen LogP contribution in [0.25, 0.3) is 0 Å². The minimum Gasteiger partial charge on any atom is -0.393 e. The number of benzene rings is 1. The molecule has 0 amide bonds. The van der Waals surface area contributed by atoms with Crippen LogP contribution >= 0.6 is 12.2 Å². The average molecular weight is 273 g/mol. The Balaban J connectivity index is 2.72. The van der Waals surface area contributed by atoms with Gasteiger partial charge in [-0.15, -0.1) is 0 Å². The number of nitrogens with two attached hydrogens (primary N) is 1. The van der Waals surface area contributed by atoms with E-state index in [1.54, 1.807) is 31.2 Å². The van der Waals surface area contributed by atoms with Crippen molar-refractivity contribution in [1.82, 2.24) is 4.72 Å². The first kappa shape index (κ1) is 13.9. The van der Waals surface area contributed by atoms with E-state index < -0.39 is 10.2 Å². The lowest BCUT2D eigenvalue weighted by Gasteiger charge is -2.08. The normalized spacial score (nSPS) is 11.1. The molecule has 0 aliphatic heterocycles. The van der Waals surface area contributed by atoms with Gasteiger partial charge in [0.2, 0.25) is 0 Å². The zero-order valence-corrected chi connectivity index (χ0v) is 11.1. The molecule has 1 aromatic rings. The smallest absolute Gasteiger partial charge is 0.299 e. The Morgan fingerprint density at radius 3 is 2.41 bits per heavy atom. The van der Waals surface area contributed by atoms with E-state index in [9.17, 15) is 8.42 Å². The Morgan fingerprint density at radius 1 is 1.35 bits per heavy atom. The lowest BCUT2D eigenvalue weighted by Crippen LogP contribution is -2.29. The molecule has 0 unspecified atom stereocenters. The topological polar surface area (TPSA) is 84.2 Å². The molecule has 0 atom stereocenters. The second-order valence-corrected chi connectivity index (χ2v) is 5.47. The van der Waals surface area contributed by atoms with Crippen molar-refractivity contribution in [3.8, 4) is 0 Å². The Hall–Kier alpha value is -1.18. The Labute approximate surface area is 107 Å². The van der Waals surface area contributed by atoms with E-state index >= 15 is 0 Å². The summed E-state index contributed by atoms with van der Waals surface area (Å²) in [5.74, 6) is 0. The van der Waals surface area contributed by atoms with Crippen LogP contribution in [0.15, 0.2) is 24.3 Å². The third-order valence-electron chi connectivity index (χ3n) is 1.92. The summed E-state index contributed by atoms with van der Waals surface area (Å²) in [7, 11) is -3.47. The maximum absolute atomic E-state index is 11.4. The van der Waals surface area contributed by atoms with Crippen molar-refractivity contribution in [2.75, 3.05) is 11.3 Å². The maximum Gasteiger partial charge on any atom is 0.299 e. The second kappa shape index (κ2) is 5.95. The number of anilines is 1. The largest absolute Gasteiger partial charge is 0.393 e. The molecule has 0 saturated carbocycles. The highest BCUT2D eigenvalue weighted by Gasteiger charge is 2.07. The molecule has 1 aromatic carbocycles. The fourth-order valence-corrected chi connectivity index (χ4v) is 2.34. The van der Waals surface area contributed by atoms with Gasteiger partial charge in [0.15, 0.2) is 0 Å². The number of rotatable bonds is 6. The highest BCUT2D eigenvalue weighted by atomic mass is 32.2. The summed E-state index contributed by atoms with van der Waals surface area (Å²) in [5.41, 5.74) is 6.86. The van der Waals surface area contributed by atoms with Crippen molar-refractivity contribution in [1.29, 1.82) is 0 Å². The van der Waals surface area contributed by atoms with Crippen LogP contribution in [-0.4, -0.2) is 20.0 Å². The van der Waals surface area contributed by atoms with E-state index in [0.717, 1.165) is 5.56 Å². The monoisotopic (exact) mass is 273 g/mol. The molecule has 0 aliphatic carbocycles. The van der Waals surface area contributed by atoms with Gasteiger partial charge in [0.25, 0.3) is 10.2 Å². The molecule has 0 radical (unpaired) electrons. The van der Waals surface area contributed by atoms with Gasteiger partial charge in [-0.3, -0.25) is 4.72 Å². The van der Waals surface area contributed by atoms with Crippen LogP contribution in [0.5, 0.6) is 0 Å². The lowest BCUT2D eigenvalue weighted by molar-refractivity contribution is 0.589. The molecule has 94 valence electrons. The molecule has 1 rings (SSSR count). The summed E-state index contributed by atoms with van der Waals surface area (Å²) < 4.78 is 27.5. The van der Waals surface area contributed by atoms with Crippen LogP contribution < -0.4 is 15.2 Å². The SMILES string of the molecule is CCNS(=O)(=O)Nc1ccc(CC(N)=S)cc1. The molecule has 4 N–H and O–H groups in total. The van der Waals surface area contributed by atoms with E-state index in [-0.39, 0.29) is 0 Å². The van der Waals surface area contributed by atoms with Crippen molar-refractivity contribution in [2.45, 2.75) is 13.3 Å². The molecule has 0 saturated heterocycles. The molecule has 0 heterocycles. The van der Waals surface area contributed by atoms with E-state index in [1.165, 1.54) is 0 Å². The molecule has 17 heavy (non-hydrogen) atoms. The summed E-state index contributed by atoms with van der Waals surface area (Å²) in [5, 5.41) is 0. The third-order valence-corrected chi connectivity index (χ3v) is 3.24. The van der Waals surface area contributed by atoms with Crippen LogP contribution in [-0.2, 0) is 16.6 Å². The lowest BCUT2D eigenvalue weighted by atomic mass is 10.1. The van der Waals surface area contributed by atoms with Crippen molar-refractivity contribution < 1.29 is 8.42 Å². The van der Waals surface area contributed by atoms with Gasteiger partial charge < -0.3 is 5.73 Å². The van der Waals surface area contributed by atoms with Crippen LogP contribution in [0.3, 0.4) is 0 Å². The van der Waals surface area contributed by atoms with Gasteiger partial charge in [-0.25, -0.2) is 0 Å². The second-order valence-electron chi connectivity index (χ2n) is 3.44. The molecule has 0 bridgehead atoms. The van der Waals surface area contributed by atoms with Crippen LogP contribution in [0.1, 0.15) is 12.5 Å². The zero-order valence-electron chi connectivity index (χ0n) is 9.43. The van der Waals surface area contributed by atoms with E-state index in [2.05, 4.69) is 9.44 Å². The molecule has 0 spiro atoms. The third kappa shape index (κ3) is 5.12. The van der Waals surface area contributed by atoms with Gasteiger partial charge in [0, 0.05) is 18.7 Å². The Kier molecular flexibility index (Phi) is 4.86. The minimum atomic E-state index is -3.47. The number of hydrogen-bond donors (Lipinski definition) is 3. The molecule has 5 nitrogen and oxygen atoms in total. The maximum atomic E-state index is 11.4. The van der Waals surface area contributed by atoms with Gasteiger partial charge in [-0.1, -0.05) is 31.3 Å². The number of nitrogens with one attached hydrogen (secondary N) is 2. The minimum absolute atomic E-state index is 0.342. The molecule has 0 aliphatic rings. The van der Waals surface area contributed by atoms with Crippen LogP contribution in [0.2, 0.25) is 0 Å². The summed E-state index contributed by atoms with van der Waals surface area (Å²) >= 11 is 4.79. The zero-order chi connectivity index (χ0) is 12.9. The van der Waals surface area contributed by atoms with Gasteiger partial charge >= 0.3 is 0 Å². The molecular formula is C10H15N3O2S2. The van der Waals surface area contributed by atoms with Gasteiger partial charge in [0.05, 0.1) is 4.99 Å². The fraction of sp³-hybridized carbons (Fsp3) is 0.300. The first-order chi connectivity index (χ1) is 7.93. The van der Waals surface area contributed by atoms with E-state index in [1.807, 2.05) is 0 Å². The average Bonchev–Trinajstić information content (AvgIpc) is 2.19. The van der Waals surface area contributed by atoms with Crippen molar-refractivity contribution in [3.63, 3.8) is 0 Å². The highest BCUT2D eigenvalue weighted by molar-refractivity contribution is 7.90. The van der Waals surface area contributed by atoms with Crippen LogP contribution in [0, 0.1) is 0 Å². The standard InChI is InChI=1S/C10H15N3O2S2/c1-2-12-17(14,15)13-9-5-3-8(4-6-9)7-10(11)16/h3-6,12-13H,2,7H2,1H3,(H2,11,16). The first-order valence-electron chi connectivity index (χ1n) is 5.07. The summed E-state index contributed by atoms with van der Waals surface area (Å²) in [6, 6.07) is 6.90. The van der Waals surface area contributed by atoms with Gasteiger partial charge in [0.1, 0.15) is 0 Å². The highest BCUT2D eigenvalue weighted by Crippen LogP contribution is 2.11. The molecular weight excluding hydrogens is 258 g/mol. The number of thiocarbonyl (C=S) groups is 1. The predicted molar refractivity (Wildman–Crippen MR) is 73.2 cm³/mol. The van der Waals surface area contributed by atoms with Crippen molar-refractivity contribution >= 4 is 33.1 Å². The van der Waals surface area contributed by atoms with E-state index in [4.69, 9.17) is 18.0 Å². The van der Waals surface area contributed by atoms with Crippen molar-refractivity contribution in [3.05, 3.63) is 29.8 Å². The van der Waals surface area contributed by atoms with Crippen molar-refractivity contribution in [2.24, 2.45) is 5.73 Å². The summed E-state index contributed by atoms with van der Waals surface area (Å²) in [4.78, 5) is 0.408. The predicted octanol–water partition coefficient (Wildman–Crippen LogP) is 0.781. The molecule has 0 aromatic heterocycles. The van der Waals surface area contributed by atoms with Crippen LogP contribution in [0.4, 0.5) is 5.69 Å². The number of hydrogen-bond acceptors (Lipinski definition) is 3. The quantitative estimate of drug-likeness (QED) is 0.669. The Bertz CT molecular complexity index is 483. The summed E-state index contributed by atoms with van der Waals surface area (Å²) in [6.45, 7) is 2.05. The summed E-state index contributed by atoms with van der Waals surface area (Å²) in [6.07, 6.45) is 0.509.